The number of hydrogen-bond acceptors (Lipinski definition) is 3. The van der Waals surface area contributed by atoms with Crippen molar-refractivity contribution in [2.75, 3.05) is 0 Å². The molecule has 1 amide bonds. The lowest BCUT2D eigenvalue weighted by Crippen LogP contribution is -2.23. The van der Waals surface area contributed by atoms with Crippen LogP contribution in [0.1, 0.15) is 105 Å². The van der Waals surface area contributed by atoms with Crippen LogP contribution in [-0.4, -0.2) is 5.91 Å². The van der Waals surface area contributed by atoms with Crippen molar-refractivity contribution in [1.29, 1.82) is 0 Å². The third-order valence-electron chi connectivity index (χ3n) is 7.85. The molecular weight excluding hydrogens is 420 g/mol. The first kappa shape index (κ1) is 20.0. The first-order chi connectivity index (χ1) is 16.6. The van der Waals surface area contributed by atoms with Crippen molar-refractivity contribution in [3.8, 4) is 0 Å². The van der Waals surface area contributed by atoms with Crippen LogP contribution in [0.25, 0.3) is 5.70 Å². The molecule has 3 aromatic carbocycles. The van der Waals surface area contributed by atoms with Gasteiger partial charge in [0, 0.05) is 17.8 Å². The van der Waals surface area contributed by atoms with E-state index in [0.717, 1.165) is 28.5 Å². The molecule has 4 heteroatoms. The van der Waals surface area contributed by atoms with Gasteiger partial charge in [0.1, 0.15) is 12.2 Å². The minimum absolute atomic E-state index is 0.00803. The maximum absolute atomic E-state index is 12.9. The van der Waals surface area contributed by atoms with Crippen LogP contribution in [-0.2, 0) is 11.3 Å². The summed E-state index contributed by atoms with van der Waals surface area (Å²) in [6.07, 6.45) is 5.25. The van der Waals surface area contributed by atoms with Crippen molar-refractivity contribution in [2.24, 2.45) is 5.73 Å². The zero-order valence-electron chi connectivity index (χ0n) is 19.1. The maximum atomic E-state index is 12.9. The molecule has 34 heavy (non-hydrogen) atoms. The fourth-order valence-corrected chi connectivity index (χ4v) is 5.69. The van der Waals surface area contributed by atoms with Crippen molar-refractivity contribution in [1.82, 2.24) is 5.32 Å². The summed E-state index contributed by atoms with van der Waals surface area (Å²) >= 11 is 0. The Morgan fingerprint density at radius 3 is 1.94 bits per heavy atom. The summed E-state index contributed by atoms with van der Waals surface area (Å²) < 4.78 is 6.47. The highest BCUT2D eigenvalue weighted by Gasteiger charge is 2.45. The summed E-state index contributed by atoms with van der Waals surface area (Å²) in [5.74, 6) is 1.44. The summed E-state index contributed by atoms with van der Waals surface area (Å²) in [5, 5.41) is 3.04. The largest absolute Gasteiger partial charge is 0.399 e. The number of nitrogens with one attached hydrogen (secondary N) is 1. The van der Waals surface area contributed by atoms with Gasteiger partial charge in [-0.1, -0.05) is 49.0 Å². The van der Waals surface area contributed by atoms with Crippen molar-refractivity contribution in [3.05, 3.63) is 111 Å². The molecule has 7 rings (SSSR count). The second-order valence-electron chi connectivity index (χ2n) is 10.3. The fourth-order valence-electron chi connectivity index (χ4n) is 5.69. The molecule has 0 spiro atoms. The predicted molar refractivity (Wildman–Crippen MR) is 132 cm³/mol. The lowest BCUT2D eigenvalue weighted by molar-refractivity contribution is 0.0857. The SMILES string of the molecule is C=C(N)c1ccc(CNC(=O)c2ccc3c(c2)[C@H]2O[C@@H]3c3cc(C4CC4)c(C4CC4)cc32)cc1. The number of fused-ring (bicyclic) bond motifs is 8. The van der Waals surface area contributed by atoms with E-state index in [1.807, 2.05) is 36.4 Å². The van der Waals surface area contributed by atoms with Crippen LogP contribution in [0.4, 0.5) is 0 Å². The Bertz CT molecular complexity index is 1350. The van der Waals surface area contributed by atoms with Gasteiger partial charge in [0.15, 0.2) is 0 Å². The zero-order chi connectivity index (χ0) is 23.0. The Labute approximate surface area is 199 Å². The molecule has 2 atom stereocenters. The molecule has 4 aliphatic rings. The highest BCUT2D eigenvalue weighted by Crippen LogP contribution is 2.58. The van der Waals surface area contributed by atoms with Crippen LogP contribution in [0.15, 0.2) is 61.2 Å². The fraction of sp³-hybridized carbons (Fsp3) is 0.300. The second kappa shape index (κ2) is 7.31. The van der Waals surface area contributed by atoms with Crippen LogP contribution in [0.3, 0.4) is 0 Å². The number of amides is 1. The van der Waals surface area contributed by atoms with Gasteiger partial charge in [0.05, 0.1) is 0 Å². The minimum Gasteiger partial charge on any atom is -0.399 e. The second-order valence-corrected chi connectivity index (χ2v) is 10.3. The van der Waals surface area contributed by atoms with Crippen LogP contribution in [0, 0.1) is 0 Å². The molecule has 170 valence electrons. The van der Waals surface area contributed by atoms with Gasteiger partial charge in [-0.2, -0.15) is 0 Å². The Morgan fingerprint density at radius 1 is 0.794 bits per heavy atom. The van der Waals surface area contributed by atoms with Crippen molar-refractivity contribution in [2.45, 2.75) is 56.3 Å². The molecule has 0 radical (unpaired) electrons. The molecule has 2 aliphatic heterocycles. The van der Waals surface area contributed by atoms with Gasteiger partial charge in [-0.3, -0.25) is 4.79 Å². The number of carbonyl (C=O) groups excluding carboxylic acids is 1. The quantitative estimate of drug-likeness (QED) is 0.499. The summed E-state index contributed by atoms with van der Waals surface area (Å²) in [6, 6.07) is 18.7. The molecule has 4 nitrogen and oxygen atoms in total. The highest BCUT2D eigenvalue weighted by molar-refractivity contribution is 5.94. The average molecular weight is 449 g/mol. The van der Waals surface area contributed by atoms with E-state index in [1.54, 1.807) is 11.1 Å². The molecule has 3 aromatic rings. The van der Waals surface area contributed by atoms with Crippen molar-refractivity contribution < 1.29 is 9.53 Å². The van der Waals surface area contributed by atoms with Crippen LogP contribution < -0.4 is 11.1 Å². The van der Waals surface area contributed by atoms with Gasteiger partial charge >= 0.3 is 0 Å². The third-order valence-corrected chi connectivity index (χ3v) is 7.85. The van der Waals surface area contributed by atoms with Gasteiger partial charge in [0.2, 0.25) is 0 Å². The molecule has 0 unspecified atom stereocenters. The topological polar surface area (TPSA) is 64.3 Å². The molecule has 2 saturated carbocycles. The monoisotopic (exact) mass is 448 g/mol. The third kappa shape index (κ3) is 3.20. The van der Waals surface area contributed by atoms with E-state index in [1.165, 1.54) is 42.4 Å². The molecular formula is C30H28N2O2. The minimum atomic E-state index is -0.0686. The number of nitrogens with two attached hydrogens (primary N) is 1. The number of hydrogen-bond donors (Lipinski definition) is 2. The molecule has 0 saturated heterocycles. The zero-order valence-corrected chi connectivity index (χ0v) is 19.1. The molecule has 3 N–H and O–H groups in total. The van der Waals surface area contributed by atoms with E-state index in [-0.39, 0.29) is 18.1 Å². The standard InChI is InChI=1S/C30H28N2O2/c1-16(31)18-4-2-17(3-5-18)15-32-30(33)21-10-11-22-25(12-21)29-27-14-24(20-8-9-20)23(19-6-7-19)13-26(27)28(22)34-29/h2-5,10-14,19-20,28-29H,1,6-9,15,31H2,(H,32,33)/t28-,29+/m0/s1. The van der Waals surface area contributed by atoms with E-state index in [4.69, 9.17) is 10.5 Å². The summed E-state index contributed by atoms with van der Waals surface area (Å²) in [5.41, 5.74) is 17.1. The number of ether oxygens (including phenoxy) is 1. The normalized spacial score (nSPS) is 21.8. The van der Waals surface area contributed by atoms with Gasteiger partial charge in [-0.25, -0.2) is 0 Å². The summed E-state index contributed by atoms with van der Waals surface area (Å²) in [4.78, 5) is 12.9. The van der Waals surface area contributed by atoms with Crippen LogP contribution >= 0.6 is 0 Å². The Morgan fingerprint density at radius 2 is 1.35 bits per heavy atom. The van der Waals surface area contributed by atoms with E-state index >= 15 is 0 Å². The van der Waals surface area contributed by atoms with Crippen LogP contribution in [0.5, 0.6) is 0 Å². The average Bonchev–Trinajstić information content (AvgIpc) is 3.79. The summed E-state index contributed by atoms with van der Waals surface area (Å²) in [7, 11) is 0. The van der Waals surface area contributed by atoms with E-state index < -0.39 is 0 Å². The lowest BCUT2D eigenvalue weighted by atomic mass is 9.82. The van der Waals surface area contributed by atoms with E-state index in [9.17, 15) is 4.79 Å². The van der Waals surface area contributed by atoms with E-state index in [0.29, 0.717) is 17.8 Å². The molecule has 2 bridgehead atoms. The number of benzene rings is 3. The maximum Gasteiger partial charge on any atom is 0.251 e. The Hall–Kier alpha value is -3.37. The molecule has 2 aliphatic carbocycles. The number of rotatable bonds is 6. The predicted octanol–water partition coefficient (Wildman–Crippen LogP) is 5.82. The highest BCUT2D eigenvalue weighted by atomic mass is 16.5. The molecule has 2 fully saturated rings. The first-order valence-corrected chi connectivity index (χ1v) is 12.4. The molecule has 2 heterocycles. The van der Waals surface area contributed by atoms with Gasteiger partial charge in [-0.05, 0) is 94.2 Å². The van der Waals surface area contributed by atoms with E-state index in [2.05, 4.69) is 30.1 Å². The smallest absolute Gasteiger partial charge is 0.251 e. The summed E-state index contributed by atoms with van der Waals surface area (Å²) in [6.45, 7) is 4.22. The van der Waals surface area contributed by atoms with Gasteiger partial charge in [-0.15, -0.1) is 0 Å². The van der Waals surface area contributed by atoms with Crippen molar-refractivity contribution >= 4 is 11.6 Å². The van der Waals surface area contributed by atoms with Gasteiger partial charge < -0.3 is 15.8 Å². The number of carbonyl (C=O) groups is 1. The Kier molecular flexibility index (Phi) is 4.31. The molecule has 0 aromatic heterocycles. The van der Waals surface area contributed by atoms with Crippen molar-refractivity contribution in [3.63, 3.8) is 0 Å². The van der Waals surface area contributed by atoms with Gasteiger partial charge in [0.25, 0.3) is 5.91 Å². The lowest BCUT2D eigenvalue weighted by Gasteiger charge is -2.20. The first-order valence-electron chi connectivity index (χ1n) is 12.4. The van der Waals surface area contributed by atoms with Crippen LogP contribution in [0.2, 0.25) is 0 Å². The Balaban J connectivity index is 1.13.